The number of fused-ring (bicyclic) bond motifs is 1. The molecule has 1 fully saturated rings. The van der Waals surface area contributed by atoms with E-state index in [0.29, 0.717) is 23.4 Å². The summed E-state index contributed by atoms with van der Waals surface area (Å²) in [6.07, 6.45) is 1.66. The van der Waals surface area contributed by atoms with Crippen LogP contribution in [0.15, 0.2) is 66.4 Å². The monoisotopic (exact) mass is 397 g/mol. The number of nitrogens with one attached hydrogen (secondary N) is 1. The number of hydrogen-bond donors (Lipinski definition) is 1. The van der Waals surface area contributed by atoms with Crippen molar-refractivity contribution in [2.45, 2.75) is 13.5 Å². The molecule has 30 heavy (non-hydrogen) atoms. The number of nitrogens with zero attached hydrogens (tertiary/aromatic N) is 2. The van der Waals surface area contributed by atoms with Gasteiger partial charge in [0.2, 0.25) is 0 Å². The fourth-order valence-corrected chi connectivity index (χ4v) is 3.46. The van der Waals surface area contributed by atoms with Crippen LogP contribution < -0.4 is 10.1 Å². The molecule has 0 atom stereocenters. The highest BCUT2D eigenvalue weighted by molar-refractivity contribution is 6.14. The fourth-order valence-electron chi connectivity index (χ4n) is 3.46. The molecule has 1 heterocycles. The third-order valence-electron chi connectivity index (χ3n) is 5.02. The summed E-state index contributed by atoms with van der Waals surface area (Å²) in [6.45, 7) is 2.25. The lowest BCUT2D eigenvalue weighted by molar-refractivity contribution is -0.122. The smallest absolute Gasteiger partial charge is 0.328 e. The van der Waals surface area contributed by atoms with E-state index in [9.17, 15) is 14.9 Å². The summed E-state index contributed by atoms with van der Waals surface area (Å²) in [5, 5.41) is 13.8. The predicted molar refractivity (Wildman–Crippen MR) is 113 cm³/mol. The molecule has 3 aromatic rings. The van der Waals surface area contributed by atoms with Crippen LogP contribution in [-0.4, -0.2) is 23.4 Å². The second-order valence-corrected chi connectivity index (χ2v) is 6.79. The third-order valence-corrected chi connectivity index (χ3v) is 5.02. The summed E-state index contributed by atoms with van der Waals surface area (Å²) < 4.78 is 6.07. The number of carbonyl (C=O) groups excluding carboxylic acids is 2. The molecule has 6 heteroatoms. The lowest BCUT2D eigenvalue weighted by Gasteiger charge is -2.13. The van der Waals surface area contributed by atoms with Crippen LogP contribution in [0.3, 0.4) is 0 Å². The normalized spacial score (nSPS) is 14.8. The zero-order valence-electron chi connectivity index (χ0n) is 16.4. The number of likely N-dealkylation sites (N-methyl/N-ethyl adjacent to an activating group) is 1. The van der Waals surface area contributed by atoms with Crippen molar-refractivity contribution in [2.75, 3.05) is 6.54 Å². The molecule has 0 spiro atoms. The van der Waals surface area contributed by atoms with E-state index < -0.39 is 6.03 Å². The van der Waals surface area contributed by atoms with E-state index in [1.807, 2.05) is 54.6 Å². The Kier molecular flexibility index (Phi) is 5.19. The molecule has 1 aliphatic heterocycles. The van der Waals surface area contributed by atoms with Gasteiger partial charge in [-0.25, -0.2) is 4.79 Å². The third kappa shape index (κ3) is 3.49. The number of amides is 3. The maximum absolute atomic E-state index is 12.6. The van der Waals surface area contributed by atoms with Crippen molar-refractivity contribution in [3.05, 3.63) is 83.1 Å². The van der Waals surface area contributed by atoms with Gasteiger partial charge in [-0.2, -0.15) is 5.26 Å². The molecule has 3 aromatic carbocycles. The Bertz CT molecular complexity index is 1220. The van der Waals surface area contributed by atoms with Gasteiger partial charge in [-0.3, -0.25) is 9.69 Å². The van der Waals surface area contributed by atoms with Crippen LogP contribution in [0, 0.1) is 11.3 Å². The maximum atomic E-state index is 12.6. The number of urea groups is 1. The lowest BCUT2D eigenvalue weighted by atomic mass is 10.0. The van der Waals surface area contributed by atoms with Gasteiger partial charge >= 0.3 is 6.03 Å². The highest BCUT2D eigenvalue weighted by Crippen LogP contribution is 2.31. The molecule has 1 aliphatic rings. The molecule has 0 unspecified atom stereocenters. The molecule has 1 N–H and O–H groups in total. The number of imide groups is 1. The van der Waals surface area contributed by atoms with Crippen molar-refractivity contribution >= 4 is 28.8 Å². The Balaban J connectivity index is 1.76. The van der Waals surface area contributed by atoms with Gasteiger partial charge in [0.15, 0.2) is 0 Å². The first kappa shape index (κ1) is 19.2. The first-order valence-electron chi connectivity index (χ1n) is 9.59. The Hall–Kier alpha value is -4.11. The van der Waals surface area contributed by atoms with Crippen molar-refractivity contribution < 1.29 is 14.3 Å². The van der Waals surface area contributed by atoms with Gasteiger partial charge in [-0.15, -0.1) is 0 Å². The summed E-state index contributed by atoms with van der Waals surface area (Å²) in [5.74, 6) is 0.196. The van der Waals surface area contributed by atoms with E-state index in [-0.39, 0.29) is 18.2 Å². The molecule has 3 amide bonds. The first-order valence-corrected chi connectivity index (χ1v) is 9.59. The zero-order valence-corrected chi connectivity index (χ0v) is 16.4. The second kappa shape index (κ2) is 8.10. The van der Waals surface area contributed by atoms with Gasteiger partial charge in [0, 0.05) is 17.7 Å². The van der Waals surface area contributed by atoms with Crippen molar-refractivity contribution in [3.63, 3.8) is 0 Å². The quantitative estimate of drug-likeness (QED) is 0.517. The average Bonchev–Trinajstić information content (AvgIpc) is 3.05. The van der Waals surface area contributed by atoms with Gasteiger partial charge < -0.3 is 10.1 Å². The fraction of sp³-hybridized carbons (Fsp3) is 0.125. The topological polar surface area (TPSA) is 82.4 Å². The van der Waals surface area contributed by atoms with E-state index in [0.717, 1.165) is 21.2 Å². The molecule has 0 aliphatic carbocycles. The summed E-state index contributed by atoms with van der Waals surface area (Å²) in [7, 11) is 0. The van der Waals surface area contributed by atoms with Gasteiger partial charge in [0.1, 0.15) is 18.1 Å². The Morgan fingerprint density at radius 1 is 1.07 bits per heavy atom. The summed E-state index contributed by atoms with van der Waals surface area (Å²) in [6, 6.07) is 20.5. The van der Waals surface area contributed by atoms with Crippen LogP contribution in [0.1, 0.15) is 23.6 Å². The Labute approximate surface area is 174 Å². The van der Waals surface area contributed by atoms with E-state index in [2.05, 4.69) is 11.4 Å². The molecule has 148 valence electrons. The molecule has 0 saturated carbocycles. The van der Waals surface area contributed by atoms with Crippen LogP contribution in [0.25, 0.3) is 16.8 Å². The van der Waals surface area contributed by atoms with Crippen LogP contribution >= 0.6 is 0 Å². The minimum Gasteiger partial charge on any atom is -0.488 e. The maximum Gasteiger partial charge on any atom is 0.328 e. The lowest BCUT2D eigenvalue weighted by Crippen LogP contribution is -2.30. The number of benzene rings is 3. The van der Waals surface area contributed by atoms with E-state index in [4.69, 9.17) is 4.74 Å². The molecule has 0 aromatic heterocycles. The van der Waals surface area contributed by atoms with Crippen molar-refractivity contribution in [2.24, 2.45) is 0 Å². The van der Waals surface area contributed by atoms with E-state index in [1.165, 1.54) is 0 Å². The standard InChI is InChI=1S/C24H19N3O3/c1-2-27-23(28)21(26-24(27)29)13-20-19-10-6-5-7-16(19)11-12-22(20)30-15-18-9-4-3-8-17(18)14-25/h3-13H,2,15H2,1H3,(H,26,29)/b21-13+. The second-order valence-electron chi connectivity index (χ2n) is 6.79. The predicted octanol–water partition coefficient (Wildman–Crippen LogP) is 4.20. The van der Waals surface area contributed by atoms with Crippen molar-refractivity contribution in [1.82, 2.24) is 10.2 Å². The van der Waals surface area contributed by atoms with Crippen LogP contribution in [0.2, 0.25) is 0 Å². The van der Waals surface area contributed by atoms with Gasteiger partial charge in [0.25, 0.3) is 5.91 Å². The molecule has 0 bridgehead atoms. The molecule has 1 saturated heterocycles. The van der Waals surface area contributed by atoms with Crippen molar-refractivity contribution in [1.29, 1.82) is 5.26 Å². The zero-order chi connectivity index (χ0) is 21.1. The van der Waals surface area contributed by atoms with E-state index >= 15 is 0 Å². The number of rotatable bonds is 5. The molecular formula is C24H19N3O3. The number of ether oxygens (including phenoxy) is 1. The number of nitriles is 1. The minimum absolute atomic E-state index is 0.208. The summed E-state index contributed by atoms with van der Waals surface area (Å²) in [4.78, 5) is 25.7. The van der Waals surface area contributed by atoms with Crippen molar-refractivity contribution in [3.8, 4) is 11.8 Å². The number of carbonyl (C=O) groups is 2. The average molecular weight is 397 g/mol. The largest absolute Gasteiger partial charge is 0.488 e. The van der Waals surface area contributed by atoms with Crippen LogP contribution in [-0.2, 0) is 11.4 Å². The van der Waals surface area contributed by atoms with Crippen LogP contribution in [0.5, 0.6) is 5.75 Å². The highest BCUT2D eigenvalue weighted by Gasteiger charge is 2.32. The first-order chi connectivity index (χ1) is 14.6. The summed E-state index contributed by atoms with van der Waals surface area (Å²) >= 11 is 0. The van der Waals surface area contributed by atoms with Gasteiger partial charge in [-0.05, 0) is 35.9 Å². The Morgan fingerprint density at radius 3 is 2.60 bits per heavy atom. The number of hydrogen-bond acceptors (Lipinski definition) is 4. The van der Waals surface area contributed by atoms with E-state index in [1.54, 1.807) is 19.1 Å². The molecular weight excluding hydrogens is 378 g/mol. The molecule has 0 radical (unpaired) electrons. The SMILES string of the molecule is CCN1C(=O)N/C(=C/c2c(OCc3ccccc3C#N)ccc3ccccc23)C1=O. The van der Waals surface area contributed by atoms with Gasteiger partial charge in [-0.1, -0.05) is 48.5 Å². The molecule has 6 nitrogen and oxygen atoms in total. The Morgan fingerprint density at radius 2 is 1.83 bits per heavy atom. The highest BCUT2D eigenvalue weighted by atomic mass is 16.5. The molecule has 4 rings (SSSR count). The van der Waals surface area contributed by atoms with Crippen LogP contribution in [0.4, 0.5) is 4.79 Å². The summed E-state index contributed by atoms with van der Waals surface area (Å²) in [5.41, 5.74) is 2.23. The minimum atomic E-state index is -0.431. The van der Waals surface area contributed by atoms with Gasteiger partial charge in [0.05, 0.1) is 11.6 Å².